The smallest absolute Gasteiger partial charge is 0.347 e. The van der Waals surface area contributed by atoms with Gasteiger partial charge in [-0.15, -0.1) is 11.3 Å². The molecule has 1 aliphatic carbocycles. The van der Waals surface area contributed by atoms with Gasteiger partial charge < -0.3 is 5.11 Å². The highest BCUT2D eigenvalue weighted by molar-refractivity contribution is 9.10. The quantitative estimate of drug-likeness (QED) is 0.857. The summed E-state index contributed by atoms with van der Waals surface area (Å²) in [4.78, 5) is 16.1. The molecule has 1 aromatic heterocycles. The van der Waals surface area contributed by atoms with Crippen LogP contribution in [0.3, 0.4) is 0 Å². The van der Waals surface area contributed by atoms with Crippen LogP contribution in [0, 0.1) is 0 Å². The monoisotopic (exact) mass is 357 g/mol. The number of aromatic carboxylic acids is 1. The van der Waals surface area contributed by atoms with Crippen LogP contribution in [-0.2, 0) is 0 Å². The van der Waals surface area contributed by atoms with E-state index in [0.29, 0.717) is 20.8 Å². The average molecular weight is 359 g/mol. The highest BCUT2D eigenvalue weighted by atomic mass is 79.9. The van der Waals surface area contributed by atoms with Gasteiger partial charge in [-0.05, 0) is 40.9 Å². The Hall–Kier alpha value is -0.910. The van der Waals surface area contributed by atoms with Gasteiger partial charge in [0.25, 0.3) is 0 Å². The van der Waals surface area contributed by atoms with E-state index in [-0.39, 0.29) is 0 Å². The third kappa shape index (κ3) is 2.55. The minimum atomic E-state index is -0.895. The van der Waals surface area contributed by atoms with Gasteiger partial charge >= 0.3 is 5.97 Å². The van der Waals surface area contributed by atoms with Crippen LogP contribution in [0.5, 0.6) is 0 Å². The molecule has 6 heteroatoms. The summed E-state index contributed by atoms with van der Waals surface area (Å²) >= 11 is 10.6. The Kier molecular flexibility index (Phi) is 3.37. The molecule has 1 aliphatic rings. The molecule has 0 amide bonds. The lowest BCUT2D eigenvalue weighted by atomic mass is 10.2. The van der Waals surface area contributed by atoms with E-state index < -0.39 is 5.97 Å². The second-order valence-corrected chi connectivity index (χ2v) is 6.70. The number of thiazole rings is 1. The Bertz CT molecular complexity index is 667. The van der Waals surface area contributed by atoms with Gasteiger partial charge in [-0.3, -0.25) is 0 Å². The maximum absolute atomic E-state index is 11.3. The molecule has 0 bridgehead atoms. The number of halogens is 2. The first-order valence-corrected chi connectivity index (χ1v) is 7.74. The molecule has 0 atom stereocenters. The van der Waals surface area contributed by atoms with Crippen LogP contribution in [-0.4, -0.2) is 16.1 Å². The Balaban J connectivity index is 2.07. The van der Waals surface area contributed by atoms with Gasteiger partial charge in [-0.25, -0.2) is 9.78 Å². The van der Waals surface area contributed by atoms with Crippen molar-refractivity contribution in [3.8, 4) is 10.6 Å². The minimum Gasteiger partial charge on any atom is -0.477 e. The number of rotatable bonds is 3. The van der Waals surface area contributed by atoms with Crippen molar-refractivity contribution in [2.24, 2.45) is 0 Å². The lowest BCUT2D eigenvalue weighted by Crippen LogP contribution is -1.97. The fraction of sp³-hybridized carbons (Fsp3) is 0.231. The van der Waals surface area contributed by atoms with Gasteiger partial charge in [0.05, 0.1) is 10.7 Å². The zero-order chi connectivity index (χ0) is 13.6. The SMILES string of the molecule is O=C(O)c1sc(-c2ccc(Br)c(Cl)c2)nc1C1CC1. The van der Waals surface area contributed by atoms with Crippen molar-refractivity contribution in [2.45, 2.75) is 18.8 Å². The zero-order valence-corrected chi connectivity index (χ0v) is 12.8. The summed E-state index contributed by atoms with van der Waals surface area (Å²) < 4.78 is 0.815. The predicted molar refractivity (Wildman–Crippen MR) is 79.2 cm³/mol. The number of carboxylic acid groups (broad SMARTS) is 1. The Morgan fingerprint density at radius 2 is 2.21 bits per heavy atom. The van der Waals surface area contributed by atoms with E-state index in [1.165, 1.54) is 11.3 Å². The van der Waals surface area contributed by atoms with Crippen LogP contribution in [0.4, 0.5) is 0 Å². The van der Waals surface area contributed by atoms with Crippen molar-refractivity contribution < 1.29 is 9.90 Å². The van der Waals surface area contributed by atoms with E-state index in [1.54, 1.807) is 6.07 Å². The van der Waals surface area contributed by atoms with Gasteiger partial charge in [0.2, 0.25) is 0 Å². The van der Waals surface area contributed by atoms with Crippen LogP contribution in [0.25, 0.3) is 10.6 Å². The summed E-state index contributed by atoms with van der Waals surface area (Å²) in [7, 11) is 0. The molecule has 98 valence electrons. The second-order valence-electron chi connectivity index (χ2n) is 4.44. The molecule has 0 spiro atoms. The van der Waals surface area contributed by atoms with Crippen molar-refractivity contribution in [1.82, 2.24) is 4.98 Å². The van der Waals surface area contributed by atoms with Gasteiger partial charge in [0.15, 0.2) is 0 Å². The van der Waals surface area contributed by atoms with Crippen LogP contribution >= 0.6 is 38.9 Å². The number of hydrogen-bond donors (Lipinski definition) is 1. The first kappa shape index (κ1) is 13.1. The van der Waals surface area contributed by atoms with E-state index in [1.807, 2.05) is 12.1 Å². The first-order chi connectivity index (χ1) is 9.06. The number of nitrogens with zero attached hydrogens (tertiary/aromatic N) is 1. The minimum absolute atomic E-state index is 0.321. The standard InChI is InChI=1S/C13H9BrClNO2S/c14-8-4-3-7(5-9(8)15)12-16-10(6-1-2-6)11(19-12)13(17)18/h3-6H,1-2H2,(H,17,18). The molecule has 3 nitrogen and oxygen atoms in total. The second kappa shape index (κ2) is 4.89. The van der Waals surface area contributed by atoms with Crippen LogP contribution in [0.2, 0.25) is 5.02 Å². The van der Waals surface area contributed by atoms with Crippen molar-refractivity contribution >= 4 is 44.8 Å². The van der Waals surface area contributed by atoms with Gasteiger partial charge in [0, 0.05) is 16.0 Å². The maximum atomic E-state index is 11.3. The van der Waals surface area contributed by atoms with E-state index in [2.05, 4.69) is 20.9 Å². The molecule has 2 aromatic rings. The van der Waals surface area contributed by atoms with E-state index in [9.17, 15) is 9.90 Å². The first-order valence-electron chi connectivity index (χ1n) is 5.75. The van der Waals surface area contributed by atoms with Crippen molar-refractivity contribution in [3.05, 3.63) is 38.3 Å². The lowest BCUT2D eigenvalue weighted by molar-refractivity contribution is 0.0700. The molecule has 1 fully saturated rings. The molecule has 0 unspecified atom stereocenters. The van der Waals surface area contributed by atoms with Gasteiger partial charge in [-0.2, -0.15) is 0 Å². The number of carbonyl (C=O) groups is 1. The number of carboxylic acids is 1. The molecule has 1 saturated carbocycles. The summed E-state index contributed by atoms with van der Waals surface area (Å²) in [6.45, 7) is 0. The van der Waals surface area contributed by atoms with Gasteiger partial charge in [-0.1, -0.05) is 17.7 Å². The van der Waals surface area contributed by atoms with E-state index in [0.717, 1.165) is 28.6 Å². The normalized spacial score (nSPS) is 14.6. The van der Waals surface area contributed by atoms with E-state index in [4.69, 9.17) is 11.6 Å². The molecule has 3 rings (SSSR count). The molecule has 0 radical (unpaired) electrons. The lowest BCUT2D eigenvalue weighted by Gasteiger charge is -1.99. The van der Waals surface area contributed by atoms with Crippen LogP contribution in [0.1, 0.15) is 34.1 Å². The summed E-state index contributed by atoms with van der Waals surface area (Å²) in [5.41, 5.74) is 1.58. The highest BCUT2D eigenvalue weighted by Gasteiger charge is 2.32. The summed E-state index contributed by atoms with van der Waals surface area (Å²) in [5.74, 6) is -0.573. The van der Waals surface area contributed by atoms with Crippen molar-refractivity contribution in [2.75, 3.05) is 0 Å². The predicted octanol–water partition coefficient (Wildman–Crippen LogP) is 4.80. The molecule has 0 saturated heterocycles. The molecule has 19 heavy (non-hydrogen) atoms. The number of hydrogen-bond acceptors (Lipinski definition) is 3. The Morgan fingerprint density at radius 1 is 1.47 bits per heavy atom. The third-order valence-corrected chi connectivity index (χ3v) is 5.32. The average Bonchev–Trinajstić information content (AvgIpc) is 3.11. The van der Waals surface area contributed by atoms with Crippen molar-refractivity contribution in [3.63, 3.8) is 0 Å². The summed E-state index contributed by atoms with van der Waals surface area (Å²) in [6.07, 6.45) is 2.06. The maximum Gasteiger partial charge on any atom is 0.347 e. The highest BCUT2D eigenvalue weighted by Crippen LogP contribution is 2.44. The summed E-state index contributed by atoms with van der Waals surface area (Å²) in [5, 5.41) is 10.5. The largest absolute Gasteiger partial charge is 0.477 e. The molecule has 1 N–H and O–H groups in total. The molecule has 1 heterocycles. The molecular weight excluding hydrogens is 350 g/mol. The Morgan fingerprint density at radius 3 is 2.79 bits per heavy atom. The number of benzene rings is 1. The Labute approximate surface area is 127 Å². The van der Waals surface area contributed by atoms with Crippen LogP contribution in [0.15, 0.2) is 22.7 Å². The summed E-state index contributed by atoms with van der Waals surface area (Å²) in [6, 6.07) is 5.53. The zero-order valence-electron chi connectivity index (χ0n) is 9.69. The van der Waals surface area contributed by atoms with E-state index >= 15 is 0 Å². The molecule has 0 aliphatic heterocycles. The number of aromatic nitrogens is 1. The third-order valence-electron chi connectivity index (χ3n) is 2.98. The van der Waals surface area contributed by atoms with Gasteiger partial charge in [0.1, 0.15) is 9.88 Å². The fourth-order valence-electron chi connectivity index (χ4n) is 1.87. The fourth-order valence-corrected chi connectivity index (χ4v) is 3.28. The molecular formula is C13H9BrClNO2S. The van der Waals surface area contributed by atoms with Crippen LogP contribution < -0.4 is 0 Å². The molecule has 1 aromatic carbocycles. The topological polar surface area (TPSA) is 50.2 Å². The van der Waals surface area contributed by atoms with Crippen molar-refractivity contribution in [1.29, 1.82) is 0 Å².